The molecule has 0 aliphatic rings. The molecule has 0 aliphatic carbocycles. The Morgan fingerprint density at radius 1 is 1.19 bits per heavy atom. The number of carbonyl (C=O) groups excluding carboxylic acids is 1. The maximum absolute atomic E-state index is 12.3. The summed E-state index contributed by atoms with van der Waals surface area (Å²) in [4.78, 5) is 22.2. The second-order valence-electron chi connectivity index (χ2n) is 6.41. The van der Waals surface area contributed by atoms with Gasteiger partial charge in [-0.05, 0) is 24.6 Å². The molecule has 0 fully saturated rings. The number of aromatic nitrogens is 3. The third-order valence-corrected chi connectivity index (χ3v) is 5.61. The van der Waals surface area contributed by atoms with Crippen LogP contribution in [0.15, 0.2) is 54.9 Å². The van der Waals surface area contributed by atoms with Crippen LogP contribution in [0.3, 0.4) is 0 Å². The van der Waals surface area contributed by atoms with Crippen LogP contribution in [-0.4, -0.2) is 20.5 Å². The van der Waals surface area contributed by atoms with Crippen LogP contribution in [0.2, 0.25) is 0 Å². The smallest absolute Gasteiger partial charge is 0.311 e. The van der Waals surface area contributed by atoms with Crippen molar-refractivity contribution in [1.29, 1.82) is 0 Å². The van der Waals surface area contributed by atoms with E-state index in [1.165, 1.54) is 0 Å². The van der Waals surface area contributed by atoms with E-state index in [-0.39, 0.29) is 19.0 Å². The maximum Gasteiger partial charge on any atom is 0.311 e. The zero-order valence-corrected chi connectivity index (χ0v) is 16.0. The average molecular weight is 377 g/mol. The summed E-state index contributed by atoms with van der Waals surface area (Å²) in [6.45, 7) is 2.18. The van der Waals surface area contributed by atoms with Gasteiger partial charge in [-0.3, -0.25) is 4.79 Å². The van der Waals surface area contributed by atoms with E-state index in [0.29, 0.717) is 0 Å². The minimum Gasteiger partial charge on any atom is -0.461 e. The largest absolute Gasteiger partial charge is 0.461 e. The van der Waals surface area contributed by atoms with Crippen molar-refractivity contribution in [3.63, 3.8) is 0 Å². The number of thiazole rings is 1. The van der Waals surface area contributed by atoms with E-state index < -0.39 is 0 Å². The topological polar surface area (TPSA) is 57.0 Å². The maximum atomic E-state index is 12.3. The van der Waals surface area contributed by atoms with E-state index in [9.17, 15) is 4.79 Å². The molecule has 0 spiro atoms. The standard InChI is InChI=1S/C21H19N3O2S/c1-14-19(27-21(23-14)16-6-4-3-5-7-16)11-20(25)26-12-15-8-9-18-17(10-15)22-13-24(18)2/h3-10,13H,11-12H2,1-2H3. The summed E-state index contributed by atoms with van der Waals surface area (Å²) in [5.41, 5.74) is 4.83. The molecule has 0 bridgehead atoms. The van der Waals surface area contributed by atoms with E-state index >= 15 is 0 Å². The van der Waals surface area contributed by atoms with Crippen molar-refractivity contribution < 1.29 is 9.53 Å². The monoisotopic (exact) mass is 377 g/mol. The van der Waals surface area contributed by atoms with Gasteiger partial charge in [-0.1, -0.05) is 36.4 Å². The van der Waals surface area contributed by atoms with Crippen LogP contribution in [0.5, 0.6) is 0 Å². The van der Waals surface area contributed by atoms with Gasteiger partial charge in [-0.15, -0.1) is 11.3 Å². The number of nitrogens with zero attached hydrogens (tertiary/aromatic N) is 3. The molecule has 2 aromatic carbocycles. The second-order valence-corrected chi connectivity index (χ2v) is 7.49. The fourth-order valence-corrected chi connectivity index (χ4v) is 3.97. The molecule has 27 heavy (non-hydrogen) atoms. The number of ether oxygens (including phenoxy) is 1. The highest BCUT2D eigenvalue weighted by Gasteiger charge is 2.14. The van der Waals surface area contributed by atoms with E-state index in [2.05, 4.69) is 9.97 Å². The molecule has 136 valence electrons. The number of benzene rings is 2. The summed E-state index contributed by atoms with van der Waals surface area (Å²) in [6, 6.07) is 15.9. The van der Waals surface area contributed by atoms with Crippen molar-refractivity contribution >= 4 is 28.3 Å². The number of hydrogen-bond donors (Lipinski definition) is 0. The molecule has 4 rings (SSSR count). The molecule has 4 aromatic rings. The molecule has 0 atom stereocenters. The minimum atomic E-state index is -0.248. The van der Waals surface area contributed by atoms with Gasteiger partial charge in [-0.25, -0.2) is 9.97 Å². The number of aryl methyl sites for hydroxylation is 2. The third kappa shape index (κ3) is 3.75. The Morgan fingerprint density at radius 2 is 2.00 bits per heavy atom. The fourth-order valence-electron chi connectivity index (χ4n) is 2.91. The number of fused-ring (bicyclic) bond motifs is 1. The molecular formula is C21H19N3O2S. The summed E-state index contributed by atoms with van der Waals surface area (Å²) < 4.78 is 7.42. The molecule has 2 aromatic heterocycles. The SMILES string of the molecule is Cc1nc(-c2ccccc2)sc1CC(=O)OCc1ccc2c(c1)ncn2C. The Bertz CT molecular complexity index is 1100. The number of hydrogen-bond acceptors (Lipinski definition) is 5. The van der Waals surface area contributed by atoms with Gasteiger partial charge in [0.1, 0.15) is 11.6 Å². The van der Waals surface area contributed by atoms with Gasteiger partial charge in [0.2, 0.25) is 0 Å². The summed E-state index contributed by atoms with van der Waals surface area (Å²) in [5, 5.41) is 0.927. The van der Waals surface area contributed by atoms with Crippen LogP contribution in [0, 0.1) is 6.92 Å². The van der Waals surface area contributed by atoms with Crippen LogP contribution in [-0.2, 0) is 29.6 Å². The number of carbonyl (C=O) groups is 1. The molecule has 2 heterocycles. The number of imidazole rings is 1. The Morgan fingerprint density at radius 3 is 2.81 bits per heavy atom. The van der Waals surface area contributed by atoms with Crippen LogP contribution in [0.4, 0.5) is 0 Å². The molecule has 0 amide bonds. The lowest BCUT2D eigenvalue weighted by atomic mass is 10.2. The molecule has 0 radical (unpaired) electrons. The summed E-state index contributed by atoms with van der Waals surface area (Å²) in [6.07, 6.45) is 2.01. The van der Waals surface area contributed by atoms with Crippen molar-refractivity contribution in [1.82, 2.24) is 14.5 Å². The van der Waals surface area contributed by atoms with Crippen molar-refractivity contribution in [2.24, 2.45) is 7.05 Å². The predicted octanol–water partition coefficient (Wildman–Crippen LogP) is 4.29. The first-order chi connectivity index (χ1) is 13.1. The molecule has 0 saturated heterocycles. The highest BCUT2D eigenvalue weighted by molar-refractivity contribution is 7.15. The highest BCUT2D eigenvalue weighted by atomic mass is 32.1. The van der Waals surface area contributed by atoms with Crippen LogP contribution in [0.1, 0.15) is 16.1 Å². The third-order valence-electron chi connectivity index (χ3n) is 4.41. The quantitative estimate of drug-likeness (QED) is 0.487. The first kappa shape index (κ1) is 17.4. The van der Waals surface area contributed by atoms with Gasteiger partial charge < -0.3 is 9.30 Å². The number of esters is 1. The predicted molar refractivity (Wildman–Crippen MR) is 107 cm³/mol. The van der Waals surface area contributed by atoms with Crippen molar-refractivity contribution in [2.45, 2.75) is 20.0 Å². The first-order valence-corrected chi connectivity index (χ1v) is 9.49. The van der Waals surface area contributed by atoms with Gasteiger partial charge in [0, 0.05) is 17.5 Å². The Kier molecular flexibility index (Phi) is 4.73. The van der Waals surface area contributed by atoms with Gasteiger partial charge in [0.05, 0.1) is 29.5 Å². The Balaban J connectivity index is 1.41. The average Bonchev–Trinajstić information content (AvgIpc) is 3.24. The van der Waals surface area contributed by atoms with E-state index in [1.807, 2.05) is 67.1 Å². The number of rotatable bonds is 5. The lowest BCUT2D eigenvalue weighted by Gasteiger charge is -2.05. The lowest BCUT2D eigenvalue weighted by Crippen LogP contribution is -2.07. The van der Waals surface area contributed by atoms with E-state index in [0.717, 1.165) is 37.7 Å². The zero-order chi connectivity index (χ0) is 18.8. The molecule has 0 saturated carbocycles. The molecular weight excluding hydrogens is 358 g/mol. The van der Waals surface area contributed by atoms with Crippen LogP contribution in [0.25, 0.3) is 21.6 Å². The highest BCUT2D eigenvalue weighted by Crippen LogP contribution is 2.28. The van der Waals surface area contributed by atoms with Gasteiger partial charge in [0.15, 0.2) is 0 Å². The molecule has 0 aliphatic heterocycles. The Hall–Kier alpha value is -2.99. The fraction of sp³-hybridized carbons (Fsp3) is 0.190. The minimum absolute atomic E-state index is 0.238. The summed E-state index contributed by atoms with van der Waals surface area (Å²) in [5.74, 6) is -0.248. The van der Waals surface area contributed by atoms with Crippen molar-refractivity contribution in [2.75, 3.05) is 0 Å². The van der Waals surface area contributed by atoms with Gasteiger partial charge >= 0.3 is 5.97 Å². The normalized spacial score (nSPS) is 11.0. The second kappa shape index (κ2) is 7.32. The van der Waals surface area contributed by atoms with Crippen LogP contribution < -0.4 is 0 Å². The summed E-state index contributed by atoms with van der Waals surface area (Å²) in [7, 11) is 1.95. The Labute approximate surface area is 161 Å². The molecule has 0 N–H and O–H groups in total. The van der Waals surface area contributed by atoms with E-state index in [1.54, 1.807) is 17.7 Å². The summed E-state index contributed by atoms with van der Waals surface area (Å²) >= 11 is 1.54. The van der Waals surface area contributed by atoms with Crippen molar-refractivity contribution in [3.05, 3.63) is 71.0 Å². The van der Waals surface area contributed by atoms with Crippen LogP contribution >= 0.6 is 11.3 Å². The van der Waals surface area contributed by atoms with Crippen molar-refractivity contribution in [3.8, 4) is 10.6 Å². The molecule has 5 nitrogen and oxygen atoms in total. The van der Waals surface area contributed by atoms with Gasteiger partial charge in [0.25, 0.3) is 0 Å². The first-order valence-electron chi connectivity index (χ1n) is 8.67. The molecule has 6 heteroatoms. The van der Waals surface area contributed by atoms with E-state index in [4.69, 9.17) is 4.74 Å². The molecule has 0 unspecified atom stereocenters. The lowest BCUT2D eigenvalue weighted by molar-refractivity contribution is -0.144. The zero-order valence-electron chi connectivity index (χ0n) is 15.2. The van der Waals surface area contributed by atoms with Gasteiger partial charge in [-0.2, -0.15) is 0 Å².